The molecule has 1 aromatic rings. The fourth-order valence-corrected chi connectivity index (χ4v) is 1.76. The lowest BCUT2D eigenvalue weighted by atomic mass is 10.2. The number of unbranched alkanes of at least 4 members (excludes halogenated alkanes) is 1. The molecule has 20 heavy (non-hydrogen) atoms. The maximum absolute atomic E-state index is 11.8. The molecular formula is C13H17Cl2N3O2. The number of benzene rings is 1. The second kappa shape index (κ2) is 8.79. The highest BCUT2D eigenvalue weighted by Crippen LogP contribution is 2.22. The van der Waals surface area contributed by atoms with Crippen molar-refractivity contribution in [3.63, 3.8) is 0 Å². The summed E-state index contributed by atoms with van der Waals surface area (Å²) in [5, 5.41) is 5.87. The summed E-state index contributed by atoms with van der Waals surface area (Å²) < 4.78 is 0. The van der Waals surface area contributed by atoms with Gasteiger partial charge in [0.2, 0.25) is 5.91 Å². The van der Waals surface area contributed by atoms with Crippen LogP contribution in [0.15, 0.2) is 18.2 Å². The molecule has 1 aromatic carbocycles. The van der Waals surface area contributed by atoms with Gasteiger partial charge in [0.15, 0.2) is 0 Å². The minimum absolute atomic E-state index is 0.0816. The standard InChI is InChI=1S/C13H17Cl2N3O2/c14-10-4-3-9(7-11(10)15)13(20)18-8-12(19)17-6-2-1-5-16/h3-4,7H,1-2,5-6,8,16H2,(H,17,19)(H,18,20). The smallest absolute Gasteiger partial charge is 0.251 e. The third-order valence-electron chi connectivity index (χ3n) is 2.54. The number of rotatable bonds is 7. The monoisotopic (exact) mass is 317 g/mol. The van der Waals surface area contributed by atoms with Crippen molar-refractivity contribution in [3.8, 4) is 0 Å². The van der Waals surface area contributed by atoms with Crippen molar-refractivity contribution in [1.82, 2.24) is 10.6 Å². The molecule has 0 aliphatic heterocycles. The van der Waals surface area contributed by atoms with Crippen LogP contribution in [0.25, 0.3) is 0 Å². The molecule has 1 rings (SSSR count). The van der Waals surface area contributed by atoms with Gasteiger partial charge in [-0.2, -0.15) is 0 Å². The molecule has 0 saturated heterocycles. The molecule has 0 saturated carbocycles. The van der Waals surface area contributed by atoms with Crippen LogP contribution in [0.5, 0.6) is 0 Å². The second-order valence-corrected chi connectivity index (χ2v) is 4.97. The van der Waals surface area contributed by atoms with Gasteiger partial charge in [-0.15, -0.1) is 0 Å². The van der Waals surface area contributed by atoms with E-state index in [1.165, 1.54) is 12.1 Å². The van der Waals surface area contributed by atoms with Gasteiger partial charge in [-0.25, -0.2) is 0 Å². The maximum atomic E-state index is 11.8. The second-order valence-electron chi connectivity index (χ2n) is 4.16. The number of nitrogens with two attached hydrogens (primary N) is 1. The first-order chi connectivity index (χ1) is 9.54. The molecule has 7 heteroatoms. The highest BCUT2D eigenvalue weighted by atomic mass is 35.5. The van der Waals surface area contributed by atoms with Crippen LogP contribution in [-0.2, 0) is 4.79 Å². The summed E-state index contributed by atoms with van der Waals surface area (Å²) in [5.74, 6) is -0.615. The van der Waals surface area contributed by atoms with Crippen molar-refractivity contribution in [2.24, 2.45) is 5.73 Å². The third kappa shape index (κ3) is 5.77. The highest BCUT2D eigenvalue weighted by molar-refractivity contribution is 6.42. The van der Waals surface area contributed by atoms with Crippen molar-refractivity contribution in [3.05, 3.63) is 33.8 Å². The molecule has 0 spiro atoms. The van der Waals surface area contributed by atoms with Crippen molar-refractivity contribution >= 4 is 35.0 Å². The van der Waals surface area contributed by atoms with E-state index in [0.717, 1.165) is 12.8 Å². The fourth-order valence-electron chi connectivity index (χ4n) is 1.46. The number of hydrogen-bond acceptors (Lipinski definition) is 3. The molecular weight excluding hydrogens is 301 g/mol. The van der Waals surface area contributed by atoms with Crippen molar-refractivity contribution in [2.45, 2.75) is 12.8 Å². The first-order valence-corrected chi connectivity index (χ1v) is 7.00. The lowest BCUT2D eigenvalue weighted by Crippen LogP contribution is -2.37. The average Bonchev–Trinajstić information content (AvgIpc) is 2.44. The SMILES string of the molecule is NCCCCNC(=O)CNC(=O)c1ccc(Cl)c(Cl)c1. The first kappa shape index (κ1) is 16.8. The molecule has 0 aromatic heterocycles. The maximum Gasteiger partial charge on any atom is 0.251 e. The number of halogens is 2. The van der Waals surface area contributed by atoms with Crippen LogP contribution in [0.1, 0.15) is 23.2 Å². The Morgan fingerprint density at radius 1 is 1.10 bits per heavy atom. The van der Waals surface area contributed by atoms with Gasteiger partial charge in [-0.3, -0.25) is 9.59 Å². The van der Waals surface area contributed by atoms with E-state index < -0.39 is 0 Å². The van der Waals surface area contributed by atoms with E-state index >= 15 is 0 Å². The van der Waals surface area contributed by atoms with Gasteiger partial charge in [-0.05, 0) is 37.6 Å². The third-order valence-corrected chi connectivity index (χ3v) is 3.28. The van der Waals surface area contributed by atoms with Crippen LogP contribution in [0.2, 0.25) is 10.0 Å². The Morgan fingerprint density at radius 2 is 1.85 bits per heavy atom. The van der Waals surface area contributed by atoms with Gasteiger partial charge in [0, 0.05) is 12.1 Å². The predicted octanol–water partition coefficient (Wildman–Crippen LogP) is 1.58. The summed E-state index contributed by atoms with van der Waals surface area (Å²) in [6.07, 6.45) is 1.68. The number of amides is 2. The number of nitrogens with one attached hydrogen (secondary N) is 2. The molecule has 4 N–H and O–H groups in total. The molecule has 0 bridgehead atoms. The van der Waals surface area contributed by atoms with E-state index in [1.807, 2.05) is 0 Å². The highest BCUT2D eigenvalue weighted by Gasteiger charge is 2.09. The topological polar surface area (TPSA) is 84.2 Å². The van der Waals surface area contributed by atoms with E-state index in [4.69, 9.17) is 28.9 Å². The number of carbonyl (C=O) groups is 2. The first-order valence-electron chi connectivity index (χ1n) is 6.24. The van der Waals surface area contributed by atoms with Gasteiger partial charge >= 0.3 is 0 Å². The van der Waals surface area contributed by atoms with Crippen molar-refractivity contribution in [1.29, 1.82) is 0 Å². The Kier molecular flexibility index (Phi) is 7.36. The van der Waals surface area contributed by atoms with Gasteiger partial charge < -0.3 is 16.4 Å². The molecule has 0 unspecified atom stereocenters. The summed E-state index contributed by atoms with van der Waals surface area (Å²) in [6.45, 7) is 1.07. The largest absolute Gasteiger partial charge is 0.355 e. The minimum Gasteiger partial charge on any atom is -0.355 e. The molecule has 0 aliphatic rings. The molecule has 0 heterocycles. The molecule has 0 aliphatic carbocycles. The minimum atomic E-state index is -0.374. The van der Waals surface area contributed by atoms with Gasteiger partial charge in [0.1, 0.15) is 0 Å². The molecule has 0 fully saturated rings. The summed E-state index contributed by atoms with van der Waals surface area (Å²) in [4.78, 5) is 23.2. The fraction of sp³-hybridized carbons (Fsp3) is 0.385. The summed E-state index contributed by atoms with van der Waals surface area (Å²) >= 11 is 11.6. The molecule has 0 atom stereocenters. The summed E-state index contributed by atoms with van der Waals surface area (Å²) in [7, 11) is 0. The van der Waals surface area contributed by atoms with E-state index in [-0.39, 0.29) is 18.4 Å². The Bertz CT molecular complexity index is 481. The quantitative estimate of drug-likeness (QED) is 0.667. The molecule has 0 radical (unpaired) electrons. The van der Waals surface area contributed by atoms with Crippen LogP contribution in [0.4, 0.5) is 0 Å². The predicted molar refractivity (Wildman–Crippen MR) is 80.1 cm³/mol. The zero-order chi connectivity index (χ0) is 15.0. The van der Waals surface area contributed by atoms with E-state index in [9.17, 15) is 9.59 Å². The summed E-state index contributed by atoms with van der Waals surface area (Å²) in [5.41, 5.74) is 5.70. The van der Waals surface area contributed by atoms with Gasteiger partial charge in [-0.1, -0.05) is 23.2 Å². The lowest BCUT2D eigenvalue weighted by Gasteiger charge is -2.07. The Labute approximate surface area is 127 Å². The lowest BCUT2D eigenvalue weighted by molar-refractivity contribution is -0.120. The van der Waals surface area contributed by atoms with Gasteiger partial charge in [0.05, 0.1) is 16.6 Å². The van der Waals surface area contributed by atoms with Crippen molar-refractivity contribution in [2.75, 3.05) is 19.6 Å². The number of hydrogen-bond donors (Lipinski definition) is 3. The molecule has 110 valence electrons. The Morgan fingerprint density at radius 3 is 2.50 bits per heavy atom. The van der Waals surface area contributed by atoms with Crippen LogP contribution >= 0.6 is 23.2 Å². The zero-order valence-corrected chi connectivity index (χ0v) is 12.4. The molecule has 2 amide bonds. The zero-order valence-electron chi connectivity index (χ0n) is 10.9. The number of carbonyl (C=O) groups excluding carboxylic acids is 2. The van der Waals surface area contributed by atoms with E-state index in [1.54, 1.807) is 6.07 Å². The van der Waals surface area contributed by atoms with Crippen LogP contribution in [0, 0.1) is 0 Å². The van der Waals surface area contributed by atoms with E-state index in [0.29, 0.717) is 28.7 Å². The average molecular weight is 318 g/mol. The summed E-state index contributed by atoms with van der Waals surface area (Å²) in [6, 6.07) is 4.53. The Balaban J connectivity index is 2.35. The van der Waals surface area contributed by atoms with E-state index in [2.05, 4.69) is 10.6 Å². The van der Waals surface area contributed by atoms with Crippen LogP contribution in [-0.4, -0.2) is 31.4 Å². The normalized spacial score (nSPS) is 10.2. The van der Waals surface area contributed by atoms with Crippen molar-refractivity contribution < 1.29 is 9.59 Å². The van der Waals surface area contributed by atoms with Crippen LogP contribution < -0.4 is 16.4 Å². The Hall–Kier alpha value is -1.30. The molecule has 5 nitrogen and oxygen atoms in total. The van der Waals surface area contributed by atoms with Crippen LogP contribution in [0.3, 0.4) is 0 Å². The van der Waals surface area contributed by atoms with Gasteiger partial charge in [0.25, 0.3) is 5.91 Å².